The van der Waals surface area contributed by atoms with Crippen molar-refractivity contribution in [3.8, 4) is 0 Å². The highest BCUT2D eigenvalue weighted by atomic mass is 16.4. The maximum Gasteiger partial charge on any atom is 0.336 e. The topological polar surface area (TPSA) is 43.8 Å². The van der Waals surface area contributed by atoms with Gasteiger partial charge in [-0.1, -0.05) is 18.2 Å². The summed E-state index contributed by atoms with van der Waals surface area (Å²) < 4.78 is 0. The molecule has 1 aromatic rings. The van der Waals surface area contributed by atoms with Crippen LogP contribution in [0.3, 0.4) is 0 Å². The van der Waals surface area contributed by atoms with Crippen molar-refractivity contribution in [3.63, 3.8) is 0 Å². The lowest BCUT2D eigenvalue weighted by Gasteiger charge is -2.42. The number of hydrogen-bond donors (Lipinski definition) is 1. The van der Waals surface area contributed by atoms with E-state index in [9.17, 15) is 9.90 Å². The first-order valence-electron chi connectivity index (χ1n) is 7.44. The van der Waals surface area contributed by atoms with Crippen molar-refractivity contribution in [2.24, 2.45) is 0 Å². The first-order valence-corrected chi connectivity index (χ1v) is 7.44. The smallest absolute Gasteiger partial charge is 0.336 e. The molecular weight excluding hydrogens is 252 g/mol. The second kappa shape index (κ2) is 5.54. The Morgan fingerprint density at radius 1 is 1.35 bits per heavy atom. The minimum atomic E-state index is -0.826. The number of rotatable bonds is 3. The fourth-order valence-electron chi connectivity index (χ4n) is 3.55. The molecule has 2 atom stereocenters. The third-order valence-electron chi connectivity index (χ3n) is 4.69. The summed E-state index contributed by atoms with van der Waals surface area (Å²) in [4.78, 5) is 16.3. The zero-order valence-electron chi connectivity index (χ0n) is 12.0. The van der Waals surface area contributed by atoms with E-state index < -0.39 is 5.97 Å². The highest BCUT2D eigenvalue weighted by Crippen LogP contribution is 2.26. The number of nitrogens with zero attached hydrogens (tertiary/aromatic N) is 2. The predicted octanol–water partition coefficient (Wildman–Crippen LogP) is 2.05. The molecule has 108 valence electrons. The minimum absolute atomic E-state index is 0.438. The lowest BCUT2D eigenvalue weighted by atomic mass is 10.0. The van der Waals surface area contributed by atoms with Crippen LogP contribution in [0.15, 0.2) is 24.3 Å². The summed E-state index contributed by atoms with van der Waals surface area (Å²) in [5, 5.41) is 9.28. The molecule has 3 rings (SSSR count). The number of carbonyl (C=O) groups is 1. The molecule has 0 saturated carbocycles. The molecule has 2 fully saturated rings. The number of fused-ring (bicyclic) bond motifs is 1. The summed E-state index contributed by atoms with van der Waals surface area (Å²) in [7, 11) is 0. The Balaban J connectivity index is 1.75. The number of carboxylic acid groups (broad SMARTS) is 1. The van der Waals surface area contributed by atoms with E-state index in [-0.39, 0.29) is 0 Å². The highest BCUT2D eigenvalue weighted by molar-refractivity contribution is 5.89. The van der Waals surface area contributed by atoms with Crippen LogP contribution in [0.4, 0.5) is 0 Å². The van der Waals surface area contributed by atoms with Gasteiger partial charge in [-0.05, 0) is 37.9 Å². The van der Waals surface area contributed by atoms with Crippen LogP contribution >= 0.6 is 0 Å². The average molecular weight is 274 g/mol. The Bertz CT molecular complexity index is 503. The van der Waals surface area contributed by atoms with Gasteiger partial charge in [-0.15, -0.1) is 0 Å². The van der Waals surface area contributed by atoms with Crippen LogP contribution in [-0.4, -0.2) is 52.6 Å². The summed E-state index contributed by atoms with van der Waals surface area (Å²) in [6.07, 6.45) is 2.58. The molecule has 0 radical (unpaired) electrons. The molecule has 4 heteroatoms. The molecule has 0 aliphatic carbocycles. The summed E-state index contributed by atoms with van der Waals surface area (Å²) in [6.45, 7) is 6.40. The van der Waals surface area contributed by atoms with E-state index in [0.717, 1.165) is 25.2 Å². The fourth-order valence-corrected chi connectivity index (χ4v) is 3.55. The van der Waals surface area contributed by atoms with E-state index in [1.54, 1.807) is 12.1 Å². The molecule has 20 heavy (non-hydrogen) atoms. The Labute approximate surface area is 120 Å². The standard InChI is InChI=1S/C16H22N2O2/c1-12-9-17-8-4-6-14(17)11-18(12)10-13-5-2-3-7-15(13)16(19)20/h2-3,5,7,12,14H,4,6,8-11H2,1H3,(H,19,20). The van der Waals surface area contributed by atoms with Gasteiger partial charge in [0.2, 0.25) is 0 Å². The Kier molecular flexibility index (Phi) is 3.76. The zero-order chi connectivity index (χ0) is 14.1. The molecule has 1 N–H and O–H groups in total. The lowest BCUT2D eigenvalue weighted by molar-refractivity contribution is 0.0530. The molecule has 2 unspecified atom stereocenters. The van der Waals surface area contributed by atoms with Crippen LogP contribution < -0.4 is 0 Å². The molecule has 0 aromatic heterocycles. The monoisotopic (exact) mass is 274 g/mol. The largest absolute Gasteiger partial charge is 0.478 e. The average Bonchev–Trinajstić information content (AvgIpc) is 2.86. The molecule has 2 aliphatic heterocycles. The van der Waals surface area contributed by atoms with Gasteiger partial charge in [-0.3, -0.25) is 9.80 Å². The van der Waals surface area contributed by atoms with Crippen LogP contribution in [0, 0.1) is 0 Å². The quantitative estimate of drug-likeness (QED) is 0.916. The molecule has 1 aromatic carbocycles. The summed E-state index contributed by atoms with van der Waals surface area (Å²) in [5.41, 5.74) is 1.37. The van der Waals surface area contributed by atoms with Crippen LogP contribution in [0.2, 0.25) is 0 Å². The number of hydrogen-bond acceptors (Lipinski definition) is 3. The summed E-state index contributed by atoms with van der Waals surface area (Å²) >= 11 is 0. The van der Waals surface area contributed by atoms with Crippen molar-refractivity contribution in [1.82, 2.24) is 9.80 Å². The van der Waals surface area contributed by atoms with Crippen molar-refractivity contribution in [2.75, 3.05) is 19.6 Å². The molecule has 0 bridgehead atoms. The van der Waals surface area contributed by atoms with E-state index in [1.807, 2.05) is 12.1 Å². The van der Waals surface area contributed by atoms with E-state index in [2.05, 4.69) is 16.7 Å². The van der Waals surface area contributed by atoms with Gasteiger partial charge in [-0.25, -0.2) is 4.79 Å². The van der Waals surface area contributed by atoms with Crippen LogP contribution in [0.1, 0.15) is 35.7 Å². The Hall–Kier alpha value is -1.39. The zero-order valence-corrected chi connectivity index (χ0v) is 12.0. The molecule has 4 nitrogen and oxygen atoms in total. The summed E-state index contributed by atoms with van der Waals surface area (Å²) in [5.74, 6) is -0.826. The number of piperazine rings is 1. The maximum absolute atomic E-state index is 11.3. The van der Waals surface area contributed by atoms with Crippen molar-refractivity contribution < 1.29 is 9.90 Å². The SMILES string of the molecule is CC1CN2CCCC2CN1Cc1ccccc1C(=O)O. The van der Waals surface area contributed by atoms with Crippen molar-refractivity contribution in [1.29, 1.82) is 0 Å². The van der Waals surface area contributed by atoms with Crippen molar-refractivity contribution >= 4 is 5.97 Å². The molecular formula is C16H22N2O2. The van der Waals surface area contributed by atoms with E-state index in [0.29, 0.717) is 17.6 Å². The van der Waals surface area contributed by atoms with E-state index in [4.69, 9.17) is 0 Å². The van der Waals surface area contributed by atoms with Crippen LogP contribution in [0.5, 0.6) is 0 Å². The Morgan fingerprint density at radius 2 is 2.15 bits per heavy atom. The second-order valence-corrected chi connectivity index (χ2v) is 6.03. The van der Waals surface area contributed by atoms with Gasteiger partial charge in [0.05, 0.1) is 5.56 Å². The van der Waals surface area contributed by atoms with E-state index >= 15 is 0 Å². The van der Waals surface area contributed by atoms with Crippen molar-refractivity contribution in [2.45, 2.75) is 38.4 Å². The van der Waals surface area contributed by atoms with Gasteiger partial charge < -0.3 is 5.11 Å². The molecule has 2 saturated heterocycles. The van der Waals surface area contributed by atoms with Gasteiger partial charge in [0.15, 0.2) is 0 Å². The van der Waals surface area contributed by atoms with E-state index in [1.165, 1.54) is 19.4 Å². The highest BCUT2D eigenvalue weighted by Gasteiger charge is 2.34. The molecule has 2 heterocycles. The van der Waals surface area contributed by atoms with Gasteiger partial charge in [-0.2, -0.15) is 0 Å². The van der Waals surface area contributed by atoms with Crippen LogP contribution in [-0.2, 0) is 6.54 Å². The predicted molar refractivity (Wildman–Crippen MR) is 77.9 cm³/mol. The minimum Gasteiger partial charge on any atom is -0.478 e. The molecule has 0 amide bonds. The third kappa shape index (κ3) is 2.58. The van der Waals surface area contributed by atoms with Gasteiger partial charge >= 0.3 is 5.97 Å². The fraction of sp³-hybridized carbons (Fsp3) is 0.562. The van der Waals surface area contributed by atoms with Crippen LogP contribution in [0.25, 0.3) is 0 Å². The summed E-state index contributed by atoms with van der Waals surface area (Å²) in [6, 6.07) is 8.53. The van der Waals surface area contributed by atoms with Gasteiger partial charge in [0, 0.05) is 31.7 Å². The molecule has 2 aliphatic rings. The first-order chi connectivity index (χ1) is 9.65. The number of benzene rings is 1. The lowest BCUT2D eigenvalue weighted by Crippen LogP contribution is -2.54. The molecule has 0 spiro atoms. The van der Waals surface area contributed by atoms with Crippen molar-refractivity contribution in [3.05, 3.63) is 35.4 Å². The second-order valence-electron chi connectivity index (χ2n) is 6.03. The normalized spacial score (nSPS) is 27.4. The van der Waals surface area contributed by atoms with Gasteiger partial charge in [0.1, 0.15) is 0 Å². The number of aromatic carboxylic acids is 1. The third-order valence-corrected chi connectivity index (χ3v) is 4.69. The number of carboxylic acids is 1. The van der Waals surface area contributed by atoms with Gasteiger partial charge in [0.25, 0.3) is 0 Å². The first kappa shape index (κ1) is 13.6. The Morgan fingerprint density at radius 3 is 2.95 bits per heavy atom. The maximum atomic E-state index is 11.3.